The summed E-state index contributed by atoms with van der Waals surface area (Å²) in [7, 11) is 0. The number of aromatic nitrogens is 1. The molecule has 1 aromatic heterocycles. The van der Waals surface area contributed by atoms with Crippen LogP contribution in [-0.4, -0.2) is 28.1 Å². The van der Waals surface area contributed by atoms with Crippen molar-refractivity contribution >= 4 is 17.9 Å². The third-order valence-corrected chi connectivity index (χ3v) is 4.90. The molecule has 4 nitrogen and oxygen atoms in total. The summed E-state index contributed by atoms with van der Waals surface area (Å²) < 4.78 is 5.47. The summed E-state index contributed by atoms with van der Waals surface area (Å²) in [6, 6.07) is 14.5. The smallest absolute Gasteiger partial charge is 0.410 e. The predicted molar refractivity (Wildman–Crippen MR) is 101 cm³/mol. The number of nitrogens with zero attached hydrogens (tertiary/aromatic N) is 2. The molecule has 2 aromatic rings. The van der Waals surface area contributed by atoms with Gasteiger partial charge in [0.15, 0.2) is 0 Å². The van der Waals surface area contributed by atoms with Gasteiger partial charge in [0.05, 0.1) is 11.6 Å². The Morgan fingerprint density at radius 3 is 2.68 bits per heavy atom. The number of carbonyl (C=O) groups is 1. The minimum atomic E-state index is -0.465. The minimum Gasteiger partial charge on any atom is -0.444 e. The number of benzene rings is 1. The van der Waals surface area contributed by atoms with E-state index in [0.717, 1.165) is 28.5 Å². The highest BCUT2D eigenvalue weighted by atomic mass is 32.2. The fraction of sp³-hybridized carbons (Fsp3) is 0.400. The van der Waals surface area contributed by atoms with Crippen LogP contribution >= 0.6 is 11.8 Å². The Morgan fingerprint density at radius 1 is 1.20 bits per heavy atom. The lowest BCUT2D eigenvalue weighted by atomic mass is 10.1. The van der Waals surface area contributed by atoms with Crippen LogP contribution in [-0.2, 0) is 23.5 Å². The van der Waals surface area contributed by atoms with Gasteiger partial charge in [-0.25, -0.2) is 9.78 Å². The second-order valence-electron chi connectivity index (χ2n) is 7.18. The number of thioether (sulfide) groups is 1. The van der Waals surface area contributed by atoms with Gasteiger partial charge in [0.2, 0.25) is 0 Å². The molecule has 1 aliphatic heterocycles. The van der Waals surface area contributed by atoms with E-state index in [1.54, 1.807) is 16.7 Å². The number of pyridine rings is 1. The second-order valence-corrected chi connectivity index (χ2v) is 8.18. The van der Waals surface area contributed by atoms with E-state index in [1.165, 1.54) is 5.56 Å². The van der Waals surface area contributed by atoms with Crippen LogP contribution in [0.3, 0.4) is 0 Å². The number of fused-ring (bicyclic) bond motifs is 1. The molecule has 1 aliphatic rings. The quantitative estimate of drug-likeness (QED) is 0.750. The number of ether oxygens (including phenoxy) is 1. The first-order chi connectivity index (χ1) is 11.9. The molecule has 0 saturated heterocycles. The lowest BCUT2D eigenvalue weighted by Crippen LogP contribution is -2.40. The Kier molecular flexibility index (Phi) is 5.33. The molecular weight excluding hydrogens is 332 g/mol. The third kappa shape index (κ3) is 4.98. The molecule has 0 aliphatic carbocycles. The molecule has 1 amide bonds. The summed E-state index contributed by atoms with van der Waals surface area (Å²) in [5, 5.41) is 1.04. The first-order valence-corrected chi connectivity index (χ1v) is 9.53. The summed E-state index contributed by atoms with van der Waals surface area (Å²) in [5.41, 5.74) is 3.04. The molecule has 0 spiro atoms. The van der Waals surface area contributed by atoms with E-state index >= 15 is 0 Å². The predicted octanol–water partition coefficient (Wildman–Crippen LogP) is 4.67. The first-order valence-electron chi connectivity index (χ1n) is 8.54. The molecule has 0 unspecified atom stereocenters. The van der Waals surface area contributed by atoms with Gasteiger partial charge in [-0.3, -0.25) is 0 Å². The topological polar surface area (TPSA) is 42.4 Å². The molecule has 0 saturated carbocycles. The van der Waals surface area contributed by atoms with Crippen LogP contribution < -0.4 is 0 Å². The molecule has 3 rings (SSSR count). The van der Waals surface area contributed by atoms with Gasteiger partial charge in [0.25, 0.3) is 0 Å². The minimum absolute atomic E-state index is 0.249. The number of hydrogen-bond acceptors (Lipinski definition) is 4. The Labute approximate surface area is 153 Å². The number of carbonyl (C=O) groups excluding carboxylic acids is 1. The van der Waals surface area contributed by atoms with Crippen LogP contribution in [0.1, 0.15) is 37.6 Å². The summed E-state index contributed by atoms with van der Waals surface area (Å²) in [6.45, 7) is 6.89. The van der Waals surface area contributed by atoms with Crippen molar-refractivity contribution in [3.8, 4) is 0 Å². The number of rotatable bonds is 3. The molecule has 0 radical (unpaired) electrons. The van der Waals surface area contributed by atoms with Crippen LogP contribution in [0.2, 0.25) is 0 Å². The molecule has 2 heterocycles. The van der Waals surface area contributed by atoms with E-state index in [4.69, 9.17) is 9.72 Å². The van der Waals surface area contributed by atoms with Crippen molar-refractivity contribution in [1.29, 1.82) is 0 Å². The van der Waals surface area contributed by atoms with Crippen molar-refractivity contribution in [2.75, 3.05) is 6.54 Å². The lowest BCUT2D eigenvalue weighted by molar-refractivity contribution is 0.0222. The number of hydrogen-bond donors (Lipinski definition) is 0. The largest absolute Gasteiger partial charge is 0.444 e. The van der Waals surface area contributed by atoms with E-state index in [2.05, 4.69) is 30.3 Å². The normalized spacial score (nSPS) is 14.1. The van der Waals surface area contributed by atoms with E-state index in [1.807, 2.05) is 32.9 Å². The van der Waals surface area contributed by atoms with E-state index in [0.29, 0.717) is 13.1 Å². The summed E-state index contributed by atoms with van der Waals surface area (Å²) in [6.07, 6.45) is 0.523. The summed E-state index contributed by atoms with van der Waals surface area (Å²) in [4.78, 5) is 18.8. The standard InChI is InChI=1S/C20H24N2O2S/c1-20(2,3)24-19(23)22-12-11-17-16(13-22)9-10-18(21-17)25-14-15-7-5-4-6-8-15/h4-10H,11-14H2,1-3H3. The van der Waals surface area contributed by atoms with Crippen molar-refractivity contribution in [2.24, 2.45) is 0 Å². The van der Waals surface area contributed by atoms with Gasteiger partial charge in [-0.1, -0.05) is 36.4 Å². The van der Waals surface area contributed by atoms with Crippen LogP contribution in [0.25, 0.3) is 0 Å². The lowest BCUT2D eigenvalue weighted by Gasteiger charge is -2.30. The van der Waals surface area contributed by atoms with Crippen molar-refractivity contribution in [3.63, 3.8) is 0 Å². The third-order valence-electron chi connectivity index (χ3n) is 3.90. The van der Waals surface area contributed by atoms with Crippen molar-refractivity contribution in [2.45, 2.75) is 50.1 Å². The fourth-order valence-electron chi connectivity index (χ4n) is 2.69. The van der Waals surface area contributed by atoms with E-state index < -0.39 is 5.60 Å². The highest BCUT2D eigenvalue weighted by molar-refractivity contribution is 7.98. The van der Waals surface area contributed by atoms with Gasteiger partial charge in [0, 0.05) is 24.4 Å². The molecule has 5 heteroatoms. The van der Waals surface area contributed by atoms with Gasteiger partial charge in [-0.15, -0.1) is 11.8 Å². The molecule has 0 atom stereocenters. The zero-order valence-corrected chi connectivity index (χ0v) is 15.8. The average Bonchev–Trinajstić information content (AvgIpc) is 2.59. The Hall–Kier alpha value is -2.01. The molecular formula is C20H24N2O2S. The van der Waals surface area contributed by atoms with Crippen molar-refractivity contribution in [1.82, 2.24) is 9.88 Å². The Bertz CT molecular complexity index is 741. The Balaban J connectivity index is 1.62. The summed E-state index contributed by atoms with van der Waals surface area (Å²) in [5.74, 6) is 0.913. The van der Waals surface area contributed by atoms with Gasteiger partial charge in [-0.2, -0.15) is 0 Å². The van der Waals surface area contributed by atoms with Crippen molar-refractivity contribution < 1.29 is 9.53 Å². The van der Waals surface area contributed by atoms with Gasteiger partial charge in [0.1, 0.15) is 5.60 Å². The maximum atomic E-state index is 12.2. The van der Waals surface area contributed by atoms with Crippen LogP contribution in [0.15, 0.2) is 47.5 Å². The van der Waals surface area contributed by atoms with Gasteiger partial charge in [-0.05, 0) is 38.0 Å². The SMILES string of the molecule is CC(C)(C)OC(=O)N1CCc2nc(SCc3ccccc3)ccc2C1. The van der Waals surface area contributed by atoms with Gasteiger partial charge >= 0.3 is 6.09 Å². The average molecular weight is 356 g/mol. The fourth-order valence-corrected chi connectivity index (χ4v) is 3.54. The molecule has 0 bridgehead atoms. The molecule has 25 heavy (non-hydrogen) atoms. The van der Waals surface area contributed by atoms with Crippen LogP contribution in [0, 0.1) is 0 Å². The zero-order chi connectivity index (χ0) is 17.9. The molecule has 0 N–H and O–H groups in total. The monoisotopic (exact) mass is 356 g/mol. The molecule has 132 valence electrons. The van der Waals surface area contributed by atoms with Crippen LogP contribution in [0.4, 0.5) is 4.79 Å². The highest BCUT2D eigenvalue weighted by Crippen LogP contribution is 2.25. The van der Waals surface area contributed by atoms with E-state index in [-0.39, 0.29) is 6.09 Å². The first kappa shape index (κ1) is 17.8. The second kappa shape index (κ2) is 7.48. The Morgan fingerprint density at radius 2 is 1.96 bits per heavy atom. The number of amides is 1. The van der Waals surface area contributed by atoms with Gasteiger partial charge < -0.3 is 9.64 Å². The highest BCUT2D eigenvalue weighted by Gasteiger charge is 2.26. The van der Waals surface area contributed by atoms with E-state index in [9.17, 15) is 4.79 Å². The summed E-state index contributed by atoms with van der Waals surface area (Å²) >= 11 is 1.74. The molecule has 0 fully saturated rings. The molecule has 1 aromatic carbocycles. The maximum absolute atomic E-state index is 12.2. The maximum Gasteiger partial charge on any atom is 0.410 e. The van der Waals surface area contributed by atoms with Crippen molar-refractivity contribution in [3.05, 3.63) is 59.3 Å². The van der Waals surface area contributed by atoms with Crippen LogP contribution in [0.5, 0.6) is 0 Å². The zero-order valence-electron chi connectivity index (χ0n) is 15.0.